The number of nitrogens with zero attached hydrogens (tertiary/aromatic N) is 3. The van der Waals surface area contributed by atoms with Crippen molar-refractivity contribution in [3.63, 3.8) is 0 Å². The highest BCUT2D eigenvalue weighted by atomic mass is 16.5. The Morgan fingerprint density at radius 1 is 1.25 bits per heavy atom. The second-order valence-corrected chi connectivity index (χ2v) is 7.37. The third-order valence-electron chi connectivity index (χ3n) is 4.43. The van der Waals surface area contributed by atoms with Gasteiger partial charge >= 0.3 is 0 Å². The largest absolute Gasteiger partial charge is 0.368 e. The van der Waals surface area contributed by atoms with Crippen LogP contribution in [0.1, 0.15) is 64.6 Å². The van der Waals surface area contributed by atoms with E-state index in [2.05, 4.69) is 47.8 Å². The van der Waals surface area contributed by atoms with E-state index in [0.29, 0.717) is 12.1 Å². The Kier molecular flexibility index (Phi) is 3.18. The predicted molar refractivity (Wildman–Crippen MR) is 77.5 cm³/mol. The molecular formula is C15H26N4O. The second-order valence-electron chi connectivity index (χ2n) is 7.37. The van der Waals surface area contributed by atoms with Crippen molar-refractivity contribution in [1.82, 2.24) is 20.1 Å². The zero-order valence-corrected chi connectivity index (χ0v) is 13.2. The quantitative estimate of drug-likeness (QED) is 0.918. The lowest BCUT2D eigenvalue weighted by atomic mass is 9.94. The number of hydrogen-bond acceptors (Lipinski definition) is 4. The summed E-state index contributed by atoms with van der Waals surface area (Å²) in [4.78, 5) is 0. The smallest absolute Gasteiger partial charge is 0.147 e. The maximum absolute atomic E-state index is 6.13. The molecule has 3 rings (SSSR count). The molecular weight excluding hydrogens is 252 g/mol. The summed E-state index contributed by atoms with van der Waals surface area (Å²) in [5.74, 6) is 2.09. The molecule has 1 aromatic heterocycles. The molecule has 2 aliphatic rings. The van der Waals surface area contributed by atoms with Crippen LogP contribution in [0.25, 0.3) is 0 Å². The molecule has 5 nitrogen and oxygen atoms in total. The van der Waals surface area contributed by atoms with Crippen molar-refractivity contribution >= 4 is 0 Å². The average Bonchev–Trinajstić information content (AvgIpc) is 3.03. The molecule has 5 heteroatoms. The van der Waals surface area contributed by atoms with E-state index >= 15 is 0 Å². The molecule has 0 bridgehead atoms. The van der Waals surface area contributed by atoms with Crippen LogP contribution in [0.5, 0.6) is 0 Å². The molecule has 2 fully saturated rings. The normalized spacial score (nSPS) is 27.9. The molecule has 112 valence electrons. The molecule has 1 aliphatic heterocycles. The number of aromatic nitrogens is 3. The average molecular weight is 278 g/mol. The van der Waals surface area contributed by atoms with E-state index in [9.17, 15) is 0 Å². The lowest BCUT2D eigenvalue weighted by molar-refractivity contribution is -0.0699. The minimum atomic E-state index is -0.136. The summed E-state index contributed by atoms with van der Waals surface area (Å²) in [5, 5.41) is 12.2. The molecule has 2 heterocycles. The van der Waals surface area contributed by atoms with E-state index in [-0.39, 0.29) is 11.2 Å². The summed E-state index contributed by atoms with van der Waals surface area (Å²) in [6.45, 7) is 11.5. The van der Waals surface area contributed by atoms with E-state index in [1.807, 2.05) is 6.92 Å². The van der Waals surface area contributed by atoms with Gasteiger partial charge in [-0.15, -0.1) is 10.2 Å². The Balaban J connectivity index is 1.68. The van der Waals surface area contributed by atoms with Gasteiger partial charge in [-0.25, -0.2) is 0 Å². The van der Waals surface area contributed by atoms with Gasteiger partial charge in [0.15, 0.2) is 0 Å². The van der Waals surface area contributed by atoms with Gasteiger partial charge in [0.1, 0.15) is 11.6 Å². The molecule has 1 atom stereocenters. The van der Waals surface area contributed by atoms with E-state index in [0.717, 1.165) is 24.6 Å². The molecule has 1 aromatic rings. The summed E-state index contributed by atoms with van der Waals surface area (Å²) < 4.78 is 8.42. The predicted octanol–water partition coefficient (Wildman–Crippen LogP) is 2.36. The first-order chi connectivity index (χ1) is 9.28. The van der Waals surface area contributed by atoms with Gasteiger partial charge in [0.25, 0.3) is 0 Å². The van der Waals surface area contributed by atoms with Crippen LogP contribution in [0, 0.1) is 6.92 Å². The molecule has 0 radical (unpaired) electrons. The first-order valence-corrected chi connectivity index (χ1v) is 7.62. The Morgan fingerprint density at radius 3 is 2.50 bits per heavy atom. The van der Waals surface area contributed by atoms with Crippen LogP contribution < -0.4 is 5.32 Å². The zero-order valence-electron chi connectivity index (χ0n) is 13.2. The van der Waals surface area contributed by atoms with Crippen molar-refractivity contribution in [2.45, 2.75) is 83.7 Å². The van der Waals surface area contributed by atoms with Gasteiger partial charge in [0.05, 0.1) is 17.7 Å². The summed E-state index contributed by atoms with van der Waals surface area (Å²) in [7, 11) is 0. The highest BCUT2D eigenvalue weighted by molar-refractivity contribution is 5.04. The monoisotopic (exact) mass is 278 g/mol. The number of ether oxygens (including phenoxy) is 1. The molecule has 0 amide bonds. The number of nitrogens with one attached hydrogen (secondary N) is 1. The second kappa shape index (κ2) is 4.53. The van der Waals surface area contributed by atoms with Crippen LogP contribution >= 0.6 is 0 Å². The maximum Gasteiger partial charge on any atom is 0.147 e. The number of rotatable bonds is 4. The van der Waals surface area contributed by atoms with Gasteiger partial charge in [0.2, 0.25) is 0 Å². The van der Waals surface area contributed by atoms with Gasteiger partial charge < -0.3 is 14.6 Å². The Labute approximate surface area is 121 Å². The van der Waals surface area contributed by atoms with Crippen molar-refractivity contribution in [1.29, 1.82) is 0 Å². The highest BCUT2D eigenvalue weighted by Crippen LogP contribution is 2.38. The summed E-state index contributed by atoms with van der Waals surface area (Å²) in [6.07, 6.45) is 3.55. The first-order valence-electron chi connectivity index (χ1n) is 7.62. The highest BCUT2D eigenvalue weighted by Gasteiger charge is 2.45. The summed E-state index contributed by atoms with van der Waals surface area (Å²) in [5.41, 5.74) is -0.190. The molecule has 0 aromatic carbocycles. The van der Waals surface area contributed by atoms with E-state index in [1.165, 1.54) is 12.8 Å². The maximum atomic E-state index is 6.13. The molecule has 1 saturated carbocycles. The van der Waals surface area contributed by atoms with Crippen molar-refractivity contribution in [3.05, 3.63) is 11.6 Å². The van der Waals surface area contributed by atoms with Gasteiger partial charge in [-0.3, -0.25) is 0 Å². The van der Waals surface area contributed by atoms with Gasteiger partial charge in [-0.1, -0.05) is 0 Å². The van der Waals surface area contributed by atoms with Crippen LogP contribution in [0.4, 0.5) is 0 Å². The zero-order chi connectivity index (χ0) is 14.5. The molecule has 20 heavy (non-hydrogen) atoms. The van der Waals surface area contributed by atoms with Crippen LogP contribution in [-0.4, -0.2) is 32.0 Å². The van der Waals surface area contributed by atoms with Crippen LogP contribution in [-0.2, 0) is 11.3 Å². The topological polar surface area (TPSA) is 52.0 Å². The van der Waals surface area contributed by atoms with Crippen molar-refractivity contribution in [2.24, 2.45) is 0 Å². The van der Waals surface area contributed by atoms with Crippen molar-refractivity contribution < 1.29 is 4.74 Å². The third kappa shape index (κ3) is 2.61. The Morgan fingerprint density at radius 2 is 1.95 bits per heavy atom. The third-order valence-corrected chi connectivity index (χ3v) is 4.43. The van der Waals surface area contributed by atoms with E-state index in [1.54, 1.807) is 0 Å². The molecule has 0 spiro atoms. The van der Waals surface area contributed by atoms with Crippen LogP contribution in [0.3, 0.4) is 0 Å². The molecule has 1 N–H and O–H groups in total. The van der Waals surface area contributed by atoms with Crippen LogP contribution in [0.15, 0.2) is 0 Å². The summed E-state index contributed by atoms with van der Waals surface area (Å²) in [6, 6.07) is 0.980. The number of aryl methyl sites for hydroxylation is 1. The van der Waals surface area contributed by atoms with Gasteiger partial charge in [-0.2, -0.15) is 0 Å². The van der Waals surface area contributed by atoms with Crippen molar-refractivity contribution in [3.8, 4) is 0 Å². The summed E-state index contributed by atoms with van der Waals surface area (Å²) >= 11 is 0. The SMILES string of the molecule is Cc1nnc(CN[C@@H]2CC(C)(C)OC2(C)C)n1C1CC1. The van der Waals surface area contributed by atoms with Gasteiger partial charge in [0, 0.05) is 12.1 Å². The minimum Gasteiger partial charge on any atom is -0.368 e. The fourth-order valence-corrected chi connectivity index (χ4v) is 3.44. The minimum absolute atomic E-state index is 0.0543. The van der Waals surface area contributed by atoms with E-state index in [4.69, 9.17) is 4.74 Å². The Hall–Kier alpha value is -0.940. The lowest BCUT2D eigenvalue weighted by Gasteiger charge is -2.27. The van der Waals surface area contributed by atoms with Crippen LogP contribution in [0.2, 0.25) is 0 Å². The molecule has 1 saturated heterocycles. The standard InChI is InChI=1S/C15H26N4O/c1-10-17-18-13(19(10)11-6-7-11)9-16-12-8-14(2,3)20-15(12,4)5/h11-12,16H,6-9H2,1-5H3/t12-/m1/s1. The van der Waals surface area contributed by atoms with Crippen molar-refractivity contribution in [2.75, 3.05) is 0 Å². The van der Waals surface area contributed by atoms with E-state index < -0.39 is 0 Å². The molecule has 1 aliphatic carbocycles. The lowest BCUT2D eigenvalue weighted by Crippen LogP contribution is -2.43. The first kappa shape index (κ1) is 14.0. The van der Waals surface area contributed by atoms with Gasteiger partial charge in [-0.05, 0) is 53.9 Å². The molecule has 0 unspecified atom stereocenters. The Bertz CT molecular complexity index is 502. The number of hydrogen-bond donors (Lipinski definition) is 1. The fraction of sp³-hybridized carbons (Fsp3) is 0.867. The fourth-order valence-electron chi connectivity index (χ4n) is 3.44.